The second kappa shape index (κ2) is 4.94. The van der Waals surface area contributed by atoms with Crippen molar-refractivity contribution in [1.82, 2.24) is 0 Å². The maximum Gasteiger partial charge on any atom is 0.0126 e. The van der Waals surface area contributed by atoms with E-state index in [-0.39, 0.29) is 0 Å². The van der Waals surface area contributed by atoms with E-state index in [1.165, 1.54) is 22.0 Å². The van der Waals surface area contributed by atoms with Gasteiger partial charge in [0, 0.05) is 17.4 Å². The molecule has 0 aromatic heterocycles. The molecule has 2 heteroatoms. The monoisotopic (exact) mass is 222 g/mol. The van der Waals surface area contributed by atoms with Gasteiger partial charge < -0.3 is 0 Å². The maximum atomic E-state index is 2.33. The molecule has 14 heavy (non-hydrogen) atoms. The first-order valence-corrected chi connectivity index (χ1v) is 6.91. The van der Waals surface area contributed by atoms with Gasteiger partial charge in [-0.15, -0.1) is 23.5 Å². The van der Waals surface area contributed by atoms with Crippen LogP contribution in [-0.4, -0.2) is 11.5 Å². The highest BCUT2D eigenvalue weighted by Crippen LogP contribution is 2.37. The zero-order valence-corrected chi connectivity index (χ0v) is 9.91. The molecule has 1 atom stereocenters. The lowest BCUT2D eigenvalue weighted by atomic mass is 10.0. The predicted molar refractivity (Wildman–Crippen MR) is 67.9 cm³/mol. The molecule has 0 nitrogen and oxygen atoms in total. The lowest BCUT2D eigenvalue weighted by molar-refractivity contribution is 0.953. The molecule has 1 heterocycles. The fraction of sp³-hybridized carbons (Fsp3) is 0.333. The van der Waals surface area contributed by atoms with Gasteiger partial charge in [0.05, 0.1) is 0 Å². The summed E-state index contributed by atoms with van der Waals surface area (Å²) in [6.07, 6.45) is 0. The van der Waals surface area contributed by atoms with Crippen LogP contribution in [0.1, 0.15) is 18.4 Å². The molecular weight excluding hydrogens is 208 g/mol. The fourth-order valence-corrected chi connectivity index (χ4v) is 3.82. The molecule has 0 bridgehead atoms. The van der Waals surface area contributed by atoms with Gasteiger partial charge in [-0.2, -0.15) is 0 Å². The second-order valence-electron chi connectivity index (χ2n) is 3.37. The van der Waals surface area contributed by atoms with E-state index in [9.17, 15) is 0 Å². The minimum absolute atomic E-state index is 0.564. The Morgan fingerprint density at radius 3 is 2.57 bits per heavy atom. The largest absolute Gasteiger partial charge is 0.132 e. The van der Waals surface area contributed by atoms with E-state index in [0.717, 1.165) is 0 Å². The molecule has 0 spiro atoms. The molecule has 0 N–H and O–H groups in total. The number of thioether (sulfide) groups is 2. The molecule has 0 fully saturated rings. The molecule has 0 amide bonds. The fourth-order valence-electron chi connectivity index (χ4n) is 1.52. The summed E-state index contributed by atoms with van der Waals surface area (Å²) in [4.78, 5) is 1.52. The Morgan fingerprint density at radius 2 is 1.93 bits per heavy atom. The maximum absolute atomic E-state index is 2.33. The number of rotatable bonds is 2. The Balaban J connectivity index is 2.15. The molecule has 1 aromatic carbocycles. The van der Waals surface area contributed by atoms with Crippen LogP contribution in [0.3, 0.4) is 0 Å². The summed E-state index contributed by atoms with van der Waals surface area (Å²) in [7, 11) is 0. The van der Waals surface area contributed by atoms with Gasteiger partial charge in [0.2, 0.25) is 0 Å². The smallest absolute Gasteiger partial charge is 0.0126 e. The van der Waals surface area contributed by atoms with Crippen LogP contribution in [0.25, 0.3) is 0 Å². The third-order valence-electron chi connectivity index (χ3n) is 2.40. The normalized spacial score (nSPS) is 18.8. The molecule has 0 aliphatic carbocycles. The lowest BCUT2D eigenvalue weighted by Gasteiger charge is -2.18. The molecule has 2 rings (SSSR count). The Labute approximate surface area is 94.2 Å². The van der Waals surface area contributed by atoms with Crippen LogP contribution >= 0.6 is 23.5 Å². The average molecular weight is 222 g/mol. The van der Waals surface area contributed by atoms with Gasteiger partial charge in [-0.25, -0.2) is 0 Å². The van der Waals surface area contributed by atoms with Crippen molar-refractivity contribution in [3.63, 3.8) is 0 Å². The van der Waals surface area contributed by atoms with Gasteiger partial charge in [0.15, 0.2) is 0 Å². The topological polar surface area (TPSA) is 0 Å². The van der Waals surface area contributed by atoms with Crippen molar-refractivity contribution in [2.45, 2.75) is 12.8 Å². The third-order valence-corrected chi connectivity index (χ3v) is 4.88. The van der Waals surface area contributed by atoms with E-state index in [1.54, 1.807) is 0 Å². The standard InChI is InChI=1S/C12H14S2/c1-10(11-5-3-2-4-6-11)12-9-13-7-8-14-12/h2-6,9-10H,7-8H2,1H3. The van der Waals surface area contributed by atoms with E-state index < -0.39 is 0 Å². The molecule has 74 valence electrons. The molecule has 0 saturated heterocycles. The summed E-state index contributed by atoms with van der Waals surface area (Å²) in [6.45, 7) is 2.29. The SMILES string of the molecule is CC(C1=CSCCS1)c1ccccc1. The van der Waals surface area contributed by atoms with Crippen LogP contribution in [0.5, 0.6) is 0 Å². The van der Waals surface area contributed by atoms with Crippen LogP contribution < -0.4 is 0 Å². The van der Waals surface area contributed by atoms with E-state index >= 15 is 0 Å². The van der Waals surface area contributed by atoms with Gasteiger partial charge in [-0.3, -0.25) is 0 Å². The molecule has 0 radical (unpaired) electrons. The zero-order valence-electron chi connectivity index (χ0n) is 8.27. The van der Waals surface area contributed by atoms with Crippen molar-refractivity contribution in [1.29, 1.82) is 0 Å². The summed E-state index contributed by atoms with van der Waals surface area (Å²) in [5, 5.41) is 2.33. The van der Waals surface area contributed by atoms with Gasteiger partial charge >= 0.3 is 0 Å². The first-order chi connectivity index (χ1) is 6.88. The Bertz CT molecular complexity index is 316. The van der Waals surface area contributed by atoms with E-state index in [0.29, 0.717) is 5.92 Å². The van der Waals surface area contributed by atoms with Gasteiger partial charge in [-0.05, 0) is 15.9 Å². The van der Waals surface area contributed by atoms with Crippen molar-refractivity contribution in [3.8, 4) is 0 Å². The van der Waals surface area contributed by atoms with Crippen LogP contribution in [0, 0.1) is 0 Å². The summed E-state index contributed by atoms with van der Waals surface area (Å²) in [6, 6.07) is 10.7. The average Bonchev–Trinajstić information content (AvgIpc) is 2.30. The number of hydrogen-bond acceptors (Lipinski definition) is 2. The van der Waals surface area contributed by atoms with E-state index in [1.807, 2.05) is 23.5 Å². The summed E-state index contributed by atoms with van der Waals surface area (Å²) in [5.41, 5.74) is 1.42. The lowest BCUT2D eigenvalue weighted by Crippen LogP contribution is -1.99. The number of hydrogen-bond donors (Lipinski definition) is 0. The van der Waals surface area contributed by atoms with Crippen molar-refractivity contribution in [3.05, 3.63) is 46.2 Å². The molecular formula is C12H14S2. The van der Waals surface area contributed by atoms with E-state index in [2.05, 4.69) is 42.7 Å². The van der Waals surface area contributed by atoms with Gasteiger partial charge in [0.1, 0.15) is 0 Å². The quantitative estimate of drug-likeness (QED) is 0.738. The van der Waals surface area contributed by atoms with Crippen molar-refractivity contribution in [2.75, 3.05) is 11.5 Å². The predicted octanol–water partition coefficient (Wildman–Crippen LogP) is 4.11. The third kappa shape index (κ3) is 2.37. The van der Waals surface area contributed by atoms with Crippen molar-refractivity contribution in [2.24, 2.45) is 0 Å². The van der Waals surface area contributed by atoms with Crippen LogP contribution in [-0.2, 0) is 0 Å². The minimum Gasteiger partial charge on any atom is -0.132 e. The summed E-state index contributed by atoms with van der Waals surface area (Å²) in [5.74, 6) is 3.08. The first kappa shape index (κ1) is 10.2. The minimum atomic E-state index is 0.564. The number of allylic oxidation sites excluding steroid dienone is 1. The van der Waals surface area contributed by atoms with Crippen LogP contribution in [0.15, 0.2) is 40.6 Å². The second-order valence-corrected chi connectivity index (χ2v) is 5.52. The first-order valence-electron chi connectivity index (χ1n) is 4.87. The highest BCUT2D eigenvalue weighted by atomic mass is 32.2. The van der Waals surface area contributed by atoms with E-state index in [4.69, 9.17) is 0 Å². The Hall–Kier alpha value is -0.340. The summed E-state index contributed by atoms with van der Waals surface area (Å²) < 4.78 is 0. The van der Waals surface area contributed by atoms with Crippen LogP contribution in [0.2, 0.25) is 0 Å². The molecule has 0 saturated carbocycles. The summed E-state index contributed by atoms with van der Waals surface area (Å²) >= 11 is 3.95. The van der Waals surface area contributed by atoms with Crippen molar-refractivity contribution >= 4 is 23.5 Å². The highest BCUT2D eigenvalue weighted by Gasteiger charge is 2.13. The molecule has 1 aliphatic rings. The van der Waals surface area contributed by atoms with Crippen molar-refractivity contribution < 1.29 is 0 Å². The molecule has 1 aromatic rings. The van der Waals surface area contributed by atoms with Gasteiger partial charge in [-0.1, -0.05) is 37.3 Å². The molecule has 1 aliphatic heterocycles. The van der Waals surface area contributed by atoms with Gasteiger partial charge in [0.25, 0.3) is 0 Å². The van der Waals surface area contributed by atoms with Crippen LogP contribution in [0.4, 0.5) is 0 Å². The molecule has 1 unspecified atom stereocenters. The Morgan fingerprint density at radius 1 is 1.14 bits per heavy atom. The number of benzene rings is 1. The highest BCUT2D eigenvalue weighted by molar-refractivity contribution is 8.09. The zero-order chi connectivity index (χ0) is 9.80. The Kier molecular flexibility index (Phi) is 3.60.